The summed E-state index contributed by atoms with van der Waals surface area (Å²) in [5.41, 5.74) is 5.99. The van der Waals surface area contributed by atoms with Crippen LogP contribution in [-0.4, -0.2) is 39.2 Å². The molecule has 0 spiro atoms. The molecule has 1 aliphatic rings. The summed E-state index contributed by atoms with van der Waals surface area (Å²) >= 11 is 0. The van der Waals surface area contributed by atoms with Crippen LogP contribution in [0.15, 0.2) is 33.7 Å². The van der Waals surface area contributed by atoms with E-state index < -0.39 is 0 Å². The number of nitrogens with zero attached hydrogens (tertiary/aromatic N) is 3. The second-order valence-electron chi connectivity index (χ2n) is 8.63. The lowest BCUT2D eigenvalue weighted by Gasteiger charge is -2.23. The molecule has 4 heterocycles. The summed E-state index contributed by atoms with van der Waals surface area (Å²) in [4.78, 5) is 31.2. The maximum Gasteiger partial charge on any atom is 0.256 e. The number of rotatable bonds is 4. The van der Waals surface area contributed by atoms with Crippen LogP contribution in [-0.2, 0) is 13.1 Å². The van der Waals surface area contributed by atoms with Gasteiger partial charge in [-0.2, -0.15) is 0 Å². The predicted molar refractivity (Wildman–Crippen MR) is 125 cm³/mol. The smallest absolute Gasteiger partial charge is 0.256 e. The molecule has 5 rings (SSSR count). The van der Waals surface area contributed by atoms with Gasteiger partial charge >= 0.3 is 0 Å². The van der Waals surface area contributed by atoms with Crippen LogP contribution in [0, 0.1) is 27.7 Å². The van der Waals surface area contributed by atoms with E-state index in [2.05, 4.69) is 20.8 Å². The molecule has 170 valence electrons. The van der Waals surface area contributed by atoms with Crippen LogP contribution in [0.4, 0.5) is 0 Å². The third-order valence-corrected chi connectivity index (χ3v) is 6.52. The van der Waals surface area contributed by atoms with Gasteiger partial charge < -0.3 is 23.7 Å². The van der Waals surface area contributed by atoms with Crippen molar-refractivity contribution >= 4 is 16.8 Å². The molecule has 1 N–H and O–H groups in total. The fourth-order valence-electron chi connectivity index (χ4n) is 4.89. The zero-order chi connectivity index (χ0) is 23.4. The molecule has 4 aromatic rings. The largest absolute Gasteiger partial charge is 0.496 e. The minimum Gasteiger partial charge on any atom is -0.496 e. The van der Waals surface area contributed by atoms with Crippen molar-refractivity contribution in [2.24, 2.45) is 0 Å². The molecule has 3 aromatic heterocycles. The van der Waals surface area contributed by atoms with Crippen molar-refractivity contribution in [3.8, 4) is 16.9 Å². The molecule has 0 bridgehead atoms. The number of ether oxygens (including phenoxy) is 1. The molecule has 0 aliphatic carbocycles. The quantitative estimate of drug-likeness (QED) is 0.513. The highest BCUT2D eigenvalue weighted by atomic mass is 16.5. The Morgan fingerprint density at radius 3 is 2.61 bits per heavy atom. The monoisotopic (exact) mass is 446 g/mol. The van der Waals surface area contributed by atoms with Crippen molar-refractivity contribution in [3.05, 3.63) is 68.6 Å². The topological polar surface area (TPSA) is 93.4 Å². The number of methoxy groups -OCH3 is 1. The fraction of sp³-hybridized carbons (Fsp3) is 0.320. The van der Waals surface area contributed by atoms with Crippen molar-refractivity contribution in [2.75, 3.05) is 13.7 Å². The van der Waals surface area contributed by atoms with E-state index >= 15 is 0 Å². The Hall–Kier alpha value is -3.81. The van der Waals surface area contributed by atoms with E-state index in [4.69, 9.17) is 9.26 Å². The number of hydrogen-bond acceptors (Lipinski definition) is 5. The van der Waals surface area contributed by atoms with Gasteiger partial charge in [0.25, 0.3) is 11.5 Å². The van der Waals surface area contributed by atoms with Gasteiger partial charge in [-0.3, -0.25) is 9.59 Å². The summed E-state index contributed by atoms with van der Waals surface area (Å²) in [6.45, 7) is 8.84. The molecule has 0 saturated carbocycles. The maximum absolute atomic E-state index is 13.9. The van der Waals surface area contributed by atoms with Crippen molar-refractivity contribution < 1.29 is 14.1 Å². The van der Waals surface area contributed by atoms with Gasteiger partial charge in [0.15, 0.2) is 0 Å². The normalized spacial score (nSPS) is 13.6. The van der Waals surface area contributed by atoms with Gasteiger partial charge in [0, 0.05) is 35.9 Å². The van der Waals surface area contributed by atoms with Crippen LogP contribution in [0.3, 0.4) is 0 Å². The van der Waals surface area contributed by atoms with E-state index in [1.165, 1.54) is 7.11 Å². The molecule has 8 heteroatoms. The number of amides is 1. The van der Waals surface area contributed by atoms with Gasteiger partial charge in [-0.05, 0) is 57.0 Å². The van der Waals surface area contributed by atoms with Crippen molar-refractivity contribution in [2.45, 2.75) is 40.8 Å². The van der Waals surface area contributed by atoms with Crippen LogP contribution in [0.1, 0.15) is 38.6 Å². The average molecular weight is 447 g/mol. The molecule has 1 amide bonds. The molecule has 0 atom stereocenters. The minimum atomic E-state index is -0.241. The van der Waals surface area contributed by atoms with E-state index in [1.54, 1.807) is 17.9 Å². The van der Waals surface area contributed by atoms with Gasteiger partial charge in [0.1, 0.15) is 11.5 Å². The van der Waals surface area contributed by atoms with E-state index in [0.717, 1.165) is 39.0 Å². The number of nitrogens with one attached hydrogen (secondary N) is 1. The summed E-state index contributed by atoms with van der Waals surface area (Å²) in [7, 11) is 1.54. The zero-order valence-corrected chi connectivity index (χ0v) is 19.4. The van der Waals surface area contributed by atoms with E-state index in [9.17, 15) is 9.59 Å². The number of pyridine rings is 1. The Bertz CT molecular complexity index is 1450. The minimum absolute atomic E-state index is 0.106. The van der Waals surface area contributed by atoms with E-state index in [0.29, 0.717) is 35.7 Å². The fourth-order valence-corrected chi connectivity index (χ4v) is 4.89. The highest BCUT2D eigenvalue weighted by molar-refractivity contribution is 6.10. The summed E-state index contributed by atoms with van der Waals surface area (Å²) in [6.07, 6.45) is 2.01. The number of aromatic amines is 1. The summed E-state index contributed by atoms with van der Waals surface area (Å²) in [6, 6.07) is 5.93. The van der Waals surface area contributed by atoms with E-state index in [1.807, 2.05) is 33.0 Å². The molecule has 8 nitrogen and oxygen atoms in total. The molecule has 0 saturated heterocycles. The van der Waals surface area contributed by atoms with Gasteiger partial charge in [0.05, 0.1) is 36.0 Å². The van der Waals surface area contributed by atoms with Crippen molar-refractivity contribution in [1.29, 1.82) is 0 Å². The van der Waals surface area contributed by atoms with Crippen LogP contribution in [0.5, 0.6) is 5.75 Å². The molecular formula is C25H26N4O4. The average Bonchev–Trinajstić information content (AvgIpc) is 3.29. The second-order valence-corrected chi connectivity index (χ2v) is 8.63. The predicted octanol–water partition coefficient (Wildman–Crippen LogP) is 3.88. The number of aryl methyl sites for hydroxylation is 3. The summed E-state index contributed by atoms with van der Waals surface area (Å²) < 4.78 is 13.0. The first-order chi connectivity index (χ1) is 15.8. The molecule has 0 radical (unpaired) electrons. The number of H-pyrrole nitrogens is 1. The number of aromatic nitrogens is 3. The van der Waals surface area contributed by atoms with Gasteiger partial charge in [-0.1, -0.05) is 5.16 Å². The first kappa shape index (κ1) is 21.1. The Balaban J connectivity index is 1.66. The number of carbonyl (C=O) groups is 1. The lowest BCUT2D eigenvalue weighted by molar-refractivity contribution is 0.0744. The number of carbonyl (C=O) groups excluding carboxylic acids is 1. The lowest BCUT2D eigenvalue weighted by atomic mass is 9.92. The molecular weight excluding hydrogens is 420 g/mol. The van der Waals surface area contributed by atoms with Crippen LogP contribution in [0.25, 0.3) is 22.0 Å². The molecule has 0 unspecified atom stereocenters. The zero-order valence-electron chi connectivity index (χ0n) is 19.4. The van der Waals surface area contributed by atoms with Gasteiger partial charge in [0.2, 0.25) is 0 Å². The van der Waals surface area contributed by atoms with Crippen LogP contribution < -0.4 is 10.3 Å². The summed E-state index contributed by atoms with van der Waals surface area (Å²) in [5, 5.41) is 5.10. The SMILES string of the molecule is COc1cc(C)[nH]c(=O)c1CN1CCn2ccc3cc(-c4c(C)noc4C)c(C)c(c32)C1=O. The third-order valence-electron chi connectivity index (χ3n) is 6.52. The Morgan fingerprint density at radius 2 is 1.91 bits per heavy atom. The Labute approximate surface area is 190 Å². The third kappa shape index (κ3) is 3.25. The van der Waals surface area contributed by atoms with Gasteiger partial charge in [-0.25, -0.2) is 0 Å². The molecule has 0 fully saturated rings. The standard InChI is InChI=1S/C25H26N4O4/c1-13-10-20(32-5)19(24(30)26-13)12-29-9-8-28-7-6-17-11-18(22-15(3)27-33-16(22)4)14(2)21(23(17)28)25(29)31/h6-7,10-11H,8-9,12H2,1-5H3,(H,26,30). The number of hydrogen-bond donors (Lipinski definition) is 1. The van der Waals surface area contributed by atoms with Gasteiger partial charge in [-0.15, -0.1) is 0 Å². The lowest BCUT2D eigenvalue weighted by Crippen LogP contribution is -2.34. The Kier molecular flexibility index (Phi) is 4.88. The van der Waals surface area contributed by atoms with E-state index in [-0.39, 0.29) is 18.0 Å². The highest BCUT2D eigenvalue weighted by Crippen LogP contribution is 2.37. The first-order valence-corrected chi connectivity index (χ1v) is 10.9. The van der Waals surface area contributed by atoms with Crippen molar-refractivity contribution in [1.82, 2.24) is 19.6 Å². The first-order valence-electron chi connectivity index (χ1n) is 10.9. The summed E-state index contributed by atoms with van der Waals surface area (Å²) in [5.74, 6) is 1.10. The second kappa shape index (κ2) is 7.65. The molecule has 1 aliphatic heterocycles. The molecule has 1 aromatic carbocycles. The highest BCUT2D eigenvalue weighted by Gasteiger charge is 2.29. The molecule has 33 heavy (non-hydrogen) atoms. The van der Waals surface area contributed by atoms with Crippen LogP contribution >= 0.6 is 0 Å². The Morgan fingerprint density at radius 1 is 1.12 bits per heavy atom. The van der Waals surface area contributed by atoms with Crippen LogP contribution in [0.2, 0.25) is 0 Å². The van der Waals surface area contributed by atoms with Crippen molar-refractivity contribution in [3.63, 3.8) is 0 Å². The number of benzene rings is 1. The maximum atomic E-state index is 13.9.